The highest BCUT2D eigenvalue weighted by atomic mass is 19.1. The molecule has 0 saturated carbocycles. The molecule has 2 unspecified atom stereocenters. The van der Waals surface area contributed by atoms with Crippen LogP contribution in [0.2, 0.25) is 0 Å². The summed E-state index contributed by atoms with van der Waals surface area (Å²) in [4.78, 5) is 14.7. The lowest BCUT2D eigenvalue weighted by molar-refractivity contribution is 0.0431. The third-order valence-corrected chi connectivity index (χ3v) is 5.22. The molecular formula is C21H23FN2O2. The zero-order valence-corrected chi connectivity index (χ0v) is 14.7. The molecule has 5 heteroatoms. The summed E-state index contributed by atoms with van der Waals surface area (Å²) < 4.78 is 19.2. The molecule has 1 N–H and O–H groups in total. The summed E-state index contributed by atoms with van der Waals surface area (Å²) in [5.41, 5.74) is 3.21. The summed E-state index contributed by atoms with van der Waals surface area (Å²) in [7, 11) is 0. The van der Waals surface area contributed by atoms with Crippen molar-refractivity contribution in [2.24, 2.45) is 0 Å². The van der Waals surface area contributed by atoms with Gasteiger partial charge in [-0.3, -0.25) is 4.90 Å². The van der Waals surface area contributed by atoms with Crippen molar-refractivity contribution in [2.45, 2.75) is 31.4 Å². The predicted octanol–water partition coefficient (Wildman–Crippen LogP) is 3.66. The van der Waals surface area contributed by atoms with E-state index >= 15 is 0 Å². The number of fused-ring (bicyclic) bond motifs is 1. The van der Waals surface area contributed by atoms with E-state index in [9.17, 15) is 9.18 Å². The summed E-state index contributed by atoms with van der Waals surface area (Å²) in [6, 6.07) is 14.3. The van der Waals surface area contributed by atoms with E-state index in [1.807, 2.05) is 18.2 Å². The lowest BCUT2D eigenvalue weighted by Gasteiger charge is -2.38. The van der Waals surface area contributed by atoms with Gasteiger partial charge >= 0.3 is 6.09 Å². The van der Waals surface area contributed by atoms with Crippen LogP contribution in [0.15, 0.2) is 48.5 Å². The van der Waals surface area contributed by atoms with Gasteiger partial charge < -0.3 is 10.1 Å². The summed E-state index contributed by atoms with van der Waals surface area (Å²) >= 11 is 0. The highest BCUT2D eigenvalue weighted by molar-refractivity contribution is 5.70. The molecule has 2 atom stereocenters. The molecule has 0 aromatic heterocycles. The summed E-state index contributed by atoms with van der Waals surface area (Å²) in [5.74, 6) is -0.278. The van der Waals surface area contributed by atoms with Crippen LogP contribution < -0.4 is 5.32 Å². The zero-order chi connectivity index (χ0) is 17.9. The number of ether oxygens (including phenoxy) is 1. The fraction of sp³-hybridized carbons (Fsp3) is 0.381. The Kier molecular flexibility index (Phi) is 4.89. The quantitative estimate of drug-likeness (QED) is 0.895. The van der Waals surface area contributed by atoms with Crippen LogP contribution in [0.5, 0.6) is 0 Å². The number of amides is 1. The van der Waals surface area contributed by atoms with E-state index in [1.54, 1.807) is 17.0 Å². The van der Waals surface area contributed by atoms with Crippen molar-refractivity contribution < 1.29 is 13.9 Å². The molecule has 1 fully saturated rings. The lowest BCUT2D eigenvalue weighted by atomic mass is 9.88. The van der Waals surface area contributed by atoms with Gasteiger partial charge in [-0.2, -0.15) is 0 Å². The summed E-state index contributed by atoms with van der Waals surface area (Å²) in [6.07, 6.45) is 2.34. The molecule has 2 aliphatic rings. The Labute approximate surface area is 153 Å². The van der Waals surface area contributed by atoms with Crippen LogP contribution in [0.1, 0.15) is 35.6 Å². The number of carbonyl (C=O) groups excluding carboxylic acids is 1. The first-order chi connectivity index (χ1) is 12.7. The van der Waals surface area contributed by atoms with E-state index < -0.39 is 0 Å². The first kappa shape index (κ1) is 17.0. The Morgan fingerprint density at radius 1 is 1.15 bits per heavy atom. The van der Waals surface area contributed by atoms with Gasteiger partial charge in [0.25, 0.3) is 0 Å². The molecule has 2 aliphatic heterocycles. The van der Waals surface area contributed by atoms with Gasteiger partial charge in [0.05, 0.1) is 6.04 Å². The van der Waals surface area contributed by atoms with Crippen LogP contribution in [0.25, 0.3) is 0 Å². The SMILES string of the molecule is O=C(OC1CCCNC1)N1CCc2ccccc2C1c1ccc(F)cc1. The molecule has 2 heterocycles. The maximum Gasteiger partial charge on any atom is 0.410 e. The van der Waals surface area contributed by atoms with E-state index in [0.717, 1.165) is 36.9 Å². The molecule has 1 amide bonds. The van der Waals surface area contributed by atoms with Gasteiger partial charge in [0.15, 0.2) is 0 Å². The first-order valence-corrected chi connectivity index (χ1v) is 9.23. The topological polar surface area (TPSA) is 41.6 Å². The lowest BCUT2D eigenvalue weighted by Crippen LogP contribution is -2.44. The number of nitrogens with zero attached hydrogens (tertiary/aromatic N) is 1. The van der Waals surface area contributed by atoms with Crippen molar-refractivity contribution in [1.82, 2.24) is 10.2 Å². The number of benzene rings is 2. The molecular weight excluding hydrogens is 331 g/mol. The third-order valence-electron chi connectivity index (χ3n) is 5.22. The molecule has 4 rings (SSSR count). The minimum Gasteiger partial charge on any atom is -0.445 e. The maximum absolute atomic E-state index is 13.4. The Morgan fingerprint density at radius 3 is 2.73 bits per heavy atom. The molecule has 0 spiro atoms. The minimum atomic E-state index is -0.289. The largest absolute Gasteiger partial charge is 0.445 e. The molecule has 1 saturated heterocycles. The van der Waals surface area contributed by atoms with Gasteiger partial charge in [-0.05, 0) is 54.6 Å². The van der Waals surface area contributed by atoms with Crippen molar-refractivity contribution in [3.05, 3.63) is 71.0 Å². The van der Waals surface area contributed by atoms with Gasteiger partial charge in [-0.15, -0.1) is 0 Å². The van der Waals surface area contributed by atoms with Gasteiger partial charge in [0.1, 0.15) is 11.9 Å². The second-order valence-corrected chi connectivity index (χ2v) is 6.95. The molecule has 2 aromatic carbocycles. The van der Waals surface area contributed by atoms with Crippen LogP contribution in [-0.2, 0) is 11.2 Å². The minimum absolute atomic E-state index is 0.0812. The molecule has 2 aromatic rings. The average molecular weight is 354 g/mol. The number of carbonyl (C=O) groups is 1. The molecule has 4 nitrogen and oxygen atoms in total. The molecule has 0 aliphatic carbocycles. The van der Waals surface area contributed by atoms with Gasteiger partial charge in [0.2, 0.25) is 0 Å². The van der Waals surface area contributed by atoms with E-state index in [1.165, 1.54) is 17.7 Å². The fourth-order valence-electron chi connectivity index (χ4n) is 3.90. The van der Waals surface area contributed by atoms with Crippen molar-refractivity contribution in [2.75, 3.05) is 19.6 Å². The van der Waals surface area contributed by atoms with Crippen LogP contribution in [0.4, 0.5) is 9.18 Å². The zero-order valence-electron chi connectivity index (χ0n) is 14.7. The highest BCUT2D eigenvalue weighted by Crippen LogP contribution is 2.35. The second-order valence-electron chi connectivity index (χ2n) is 6.95. The highest BCUT2D eigenvalue weighted by Gasteiger charge is 2.34. The number of halogens is 1. The molecule has 0 bridgehead atoms. The number of piperidine rings is 1. The van der Waals surface area contributed by atoms with Gasteiger partial charge in [-0.1, -0.05) is 36.4 Å². The number of hydrogen-bond donors (Lipinski definition) is 1. The molecule has 136 valence electrons. The summed E-state index contributed by atoms with van der Waals surface area (Å²) in [6.45, 7) is 2.28. The predicted molar refractivity (Wildman–Crippen MR) is 97.5 cm³/mol. The second kappa shape index (κ2) is 7.46. The maximum atomic E-state index is 13.4. The van der Waals surface area contributed by atoms with Crippen molar-refractivity contribution >= 4 is 6.09 Å². The Bertz CT molecular complexity index is 772. The number of rotatable bonds is 2. The third kappa shape index (κ3) is 3.44. The molecule has 26 heavy (non-hydrogen) atoms. The summed E-state index contributed by atoms with van der Waals surface area (Å²) in [5, 5.41) is 3.27. The van der Waals surface area contributed by atoms with E-state index in [2.05, 4.69) is 11.4 Å². The van der Waals surface area contributed by atoms with Crippen LogP contribution >= 0.6 is 0 Å². The van der Waals surface area contributed by atoms with Crippen LogP contribution in [0.3, 0.4) is 0 Å². The van der Waals surface area contributed by atoms with Gasteiger partial charge in [0, 0.05) is 13.1 Å². The van der Waals surface area contributed by atoms with Crippen molar-refractivity contribution in [3.63, 3.8) is 0 Å². The van der Waals surface area contributed by atoms with Crippen LogP contribution in [-0.4, -0.2) is 36.7 Å². The number of hydrogen-bond acceptors (Lipinski definition) is 3. The van der Waals surface area contributed by atoms with E-state index in [-0.39, 0.29) is 24.1 Å². The van der Waals surface area contributed by atoms with Gasteiger partial charge in [-0.25, -0.2) is 9.18 Å². The van der Waals surface area contributed by atoms with E-state index in [0.29, 0.717) is 13.1 Å². The first-order valence-electron chi connectivity index (χ1n) is 9.23. The van der Waals surface area contributed by atoms with Crippen molar-refractivity contribution in [3.8, 4) is 0 Å². The Hall–Kier alpha value is -2.40. The fourth-order valence-corrected chi connectivity index (χ4v) is 3.90. The number of nitrogens with one attached hydrogen (secondary N) is 1. The van der Waals surface area contributed by atoms with Crippen LogP contribution in [0, 0.1) is 5.82 Å². The normalized spacial score (nSPS) is 22.6. The smallest absolute Gasteiger partial charge is 0.410 e. The van der Waals surface area contributed by atoms with Crippen molar-refractivity contribution in [1.29, 1.82) is 0 Å². The monoisotopic (exact) mass is 354 g/mol. The average Bonchev–Trinajstić information content (AvgIpc) is 2.68. The Morgan fingerprint density at radius 2 is 1.96 bits per heavy atom. The Balaban J connectivity index is 1.64. The standard InChI is InChI=1S/C21H23FN2O2/c22-17-9-7-16(8-10-17)20-19-6-2-1-4-15(19)11-13-24(20)21(25)26-18-5-3-12-23-14-18/h1-2,4,6-10,18,20,23H,3,5,11-14H2. The molecule has 0 radical (unpaired) electrons. The van der Waals surface area contributed by atoms with E-state index in [4.69, 9.17) is 4.74 Å².